The summed E-state index contributed by atoms with van der Waals surface area (Å²) in [4.78, 5) is 2.02. The summed E-state index contributed by atoms with van der Waals surface area (Å²) >= 11 is 8.53. The highest BCUT2D eigenvalue weighted by molar-refractivity contribution is 7.80. The van der Waals surface area contributed by atoms with Crippen molar-refractivity contribution < 1.29 is 0 Å². The van der Waals surface area contributed by atoms with Gasteiger partial charge in [-0.1, -0.05) is 32.8 Å². The predicted molar refractivity (Wildman–Crippen MR) is 75.0 cm³/mol. The van der Waals surface area contributed by atoms with Crippen molar-refractivity contribution in [3.05, 3.63) is 48.5 Å². The minimum absolute atomic E-state index is 0.702. The van der Waals surface area contributed by atoms with E-state index in [1.54, 1.807) is 0 Å². The van der Waals surface area contributed by atoms with E-state index in [2.05, 4.69) is 49.5 Å². The Bertz CT molecular complexity index is 391. The normalized spacial score (nSPS) is 10.3. The minimum Gasteiger partial charge on any atom is -0.143 e. The van der Waals surface area contributed by atoms with E-state index in [1.165, 1.54) is 10.6 Å². The van der Waals surface area contributed by atoms with Crippen LogP contribution in [0.25, 0.3) is 0 Å². The molecule has 0 amide bonds. The lowest BCUT2D eigenvalue weighted by Gasteiger charge is -2.02. The second-order valence-electron chi connectivity index (χ2n) is 3.22. The molecule has 0 heterocycles. The van der Waals surface area contributed by atoms with E-state index in [0.717, 1.165) is 9.79 Å². The highest BCUT2D eigenvalue weighted by atomic mass is 32.1. The third-order valence-corrected chi connectivity index (χ3v) is 3.86. The van der Waals surface area contributed by atoms with E-state index < -0.39 is 0 Å². The van der Waals surface area contributed by atoms with Crippen LogP contribution in [0.1, 0.15) is 0 Å². The van der Waals surface area contributed by atoms with Crippen molar-refractivity contribution in [2.24, 2.45) is 0 Å². The van der Waals surface area contributed by atoms with Gasteiger partial charge in [0.05, 0.1) is 0 Å². The molecule has 0 aliphatic carbocycles. The fourth-order valence-electron chi connectivity index (χ4n) is 1.26. The van der Waals surface area contributed by atoms with Crippen LogP contribution in [0.15, 0.2) is 58.3 Å². The summed E-state index contributed by atoms with van der Waals surface area (Å²) in [5.41, 5.74) is 0. The fraction of sp³-hybridized carbons (Fsp3) is 0. The van der Waals surface area contributed by atoms with Crippen LogP contribution < -0.4 is 10.6 Å². The van der Waals surface area contributed by atoms with Gasteiger partial charge in [-0.15, -0.1) is 25.3 Å². The Morgan fingerprint density at radius 2 is 0.933 bits per heavy atom. The maximum absolute atomic E-state index is 4.26. The van der Waals surface area contributed by atoms with Crippen LogP contribution in [0, 0.1) is 0 Å². The Morgan fingerprint density at radius 3 is 1.27 bits per heavy atom. The van der Waals surface area contributed by atoms with E-state index >= 15 is 0 Å². The van der Waals surface area contributed by atoms with Gasteiger partial charge in [0, 0.05) is 9.79 Å². The standard InChI is InChI=1S/C12H11PS2/c14-11-5-1-9(2-6-11)13-10-3-7-12(15)8-4-10/h1-8,13-15H. The molecule has 2 aromatic carbocycles. The second-order valence-corrected chi connectivity index (χ2v) is 5.66. The largest absolute Gasteiger partial charge is 0.143 e. The van der Waals surface area contributed by atoms with Gasteiger partial charge < -0.3 is 0 Å². The van der Waals surface area contributed by atoms with Crippen molar-refractivity contribution in [2.45, 2.75) is 9.79 Å². The Balaban J connectivity index is 2.15. The van der Waals surface area contributed by atoms with Gasteiger partial charge >= 0.3 is 0 Å². The zero-order chi connectivity index (χ0) is 10.7. The fourth-order valence-corrected chi connectivity index (χ4v) is 2.55. The molecule has 0 saturated heterocycles. The van der Waals surface area contributed by atoms with Crippen molar-refractivity contribution >= 4 is 44.4 Å². The molecule has 3 heteroatoms. The Morgan fingerprint density at radius 1 is 0.600 bits per heavy atom. The first-order valence-electron chi connectivity index (χ1n) is 4.59. The van der Waals surface area contributed by atoms with Crippen LogP contribution in [0.4, 0.5) is 0 Å². The highest BCUT2D eigenvalue weighted by Crippen LogP contribution is 2.13. The van der Waals surface area contributed by atoms with Crippen LogP contribution in [0.2, 0.25) is 0 Å². The minimum atomic E-state index is 0.702. The molecular weight excluding hydrogens is 239 g/mol. The molecule has 0 fully saturated rings. The smallest absolute Gasteiger partial charge is 0.00404 e. The molecule has 2 rings (SSSR count). The predicted octanol–water partition coefficient (Wildman–Crippen LogP) is 2.89. The Labute approximate surface area is 103 Å². The topological polar surface area (TPSA) is 0 Å². The molecule has 0 saturated carbocycles. The number of hydrogen-bond acceptors (Lipinski definition) is 2. The molecule has 0 atom stereocenters. The molecule has 76 valence electrons. The number of rotatable bonds is 2. The van der Waals surface area contributed by atoms with E-state index in [0.29, 0.717) is 8.58 Å². The van der Waals surface area contributed by atoms with E-state index in [-0.39, 0.29) is 0 Å². The van der Waals surface area contributed by atoms with Gasteiger partial charge in [-0.25, -0.2) is 0 Å². The molecule has 0 aliphatic rings. The van der Waals surface area contributed by atoms with Crippen LogP contribution >= 0.6 is 33.8 Å². The second kappa shape index (κ2) is 5.07. The molecule has 0 N–H and O–H groups in total. The summed E-state index contributed by atoms with van der Waals surface area (Å²) in [6, 6.07) is 16.6. The van der Waals surface area contributed by atoms with E-state index in [4.69, 9.17) is 0 Å². The summed E-state index contributed by atoms with van der Waals surface area (Å²) in [5, 5.41) is 2.67. The van der Waals surface area contributed by atoms with Crippen LogP contribution in [0.5, 0.6) is 0 Å². The Kier molecular flexibility index (Phi) is 3.74. The quantitative estimate of drug-likeness (QED) is 0.594. The van der Waals surface area contributed by atoms with Crippen LogP contribution in [-0.4, -0.2) is 0 Å². The zero-order valence-electron chi connectivity index (χ0n) is 8.01. The molecule has 15 heavy (non-hydrogen) atoms. The first-order chi connectivity index (χ1) is 7.24. The molecule has 0 spiro atoms. The number of hydrogen-bond donors (Lipinski definition) is 2. The third-order valence-electron chi connectivity index (χ3n) is 2.02. The highest BCUT2D eigenvalue weighted by Gasteiger charge is 1.95. The van der Waals surface area contributed by atoms with Gasteiger partial charge in [-0.3, -0.25) is 0 Å². The summed E-state index contributed by atoms with van der Waals surface area (Å²) < 4.78 is 0. The maximum Gasteiger partial charge on any atom is 0.00404 e. The summed E-state index contributed by atoms with van der Waals surface area (Å²) in [6.45, 7) is 0. The lowest BCUT2D eigenvalue weighted by atomic mass is 10.4. The zero-order valence-corrected chi connectivity index (χ0v) is 10.8. The molecular formula is C12H11PS2. The van der Waals surface area contributed by atoms with Gasteiger partial charge in [0.25, 0.3) is 0 Å². The summed E-state index contributed by atoms with van der Waals surface area (Å²) in [6.07, 6.45) is 0. The Hall–Kier alpha value is -0.430. The summed E-state index contributed by atoms with van der Waals surface area (Å²) in [7, 11) is 0.702. The van der Waals surface area contributed by atoms with Crippen molar-refractivity contribution in [1.82, 2.24) is 0 Å². The average Bonchev–Trinajstić information content (AvgIpc) is 2.25. The lowest BCUT2D eigenvalue weighted by Crippen LogP contribution is -2.02. The van der Waals surface area contributed by atoms with Gasteiger partial charge in [0.2, 0.25) is 0 Å². The molecule has 0 unspecified atom stereocenters. The summed E-state index contributed by atoms with van der Waals surface area (Å²) in [5.74, 6) is 0. The van der Waals surface area contributed by atoms with Gasteiger partial charge in [0.1, 0.15) is 0 Å². The van der Waals surface area contributed by atoms with E-state index in [1.807, 2.05) is 24.3 Å². The maximum atomic E-state index is 4.26. The average molecular weight is 250 g/mol. The SMILES string of the molecule is Sc1ccc(Pc2ccc(S)cc2)cc1. The van der Waals surface area contributed by atoms with Gasteiger partial charge in [0.15, 0.2) is 0 Å². The first-order valence-corrected chi connectivity index (χ1v) is 6.48. The van der Waals surface area contributed by atoms with Crippen molar-refractivity contribution in [1.29, 1.82) is 0 Å². The monoisotopic (exact) mass is 250 g/mol. The van der Waals surface area contributed by atoms with Gasteiger partial charge in [-0.05, 0) is 34.9 Å². The molecule has 2 aromatic rings. The van der Waals surface area contributed by atoms with Crippen molar-refractivity contribution in [3.63, 3.8) is 0 Å². The van der Waals surface area contributed by atoms with Crippen LogP contribution in [0.3, 0.4) is 0 Å². The lowest BCUT2D eigenvalue weighted by molar-refractivity contribution is 1.50. The molecule has 0 nitrogen and oxygen atoms in total. The van der Waals surface area contributed by atoms with E-state index in [9.17, 15) is 0 Å². The number of thiol groups is 2. The molecule has 0 bridgehead atoms. The van der Waals surface area contributed by atoms with Crippen molar-refractivity contribution in [3.8, 4) is 0 Å². The molecule has 0 radical (unpaired) electrons. The first kappa shape index (κ1) is 11.1. The third kappa shape index (κ3) is 3.27. The van der Waals surface area contributed by atoms with Crippen LogP contribution in [-0.2, 0) is 0 Å². The number of benzene rings is 2. The molecule has 0 aliphatic heterocycles. The van der Waals surface area contributed by atoms with Crippen molar-refractivity contribution in [2.75, 3.05) is 0 Å². The molecule has 0 aromatic heterocycles. The van der Waals surface area contributed by atoms with Gasteiger partial charge in [-0.2, -0.15) is 0 Å².